The van der Waals surface area contributed by atoms with E-state index in [1.165, 1.54) is 11.3 Å². The molecule has 3 aromatic heterocycles. The number of rotatable bonds is 8. The fourth-order valence-electron chi connectivity index (χ4n) is 3.21. The molecule has 0 atom stereocenters. The predicted molar refractivity (Wildman–Crippen MR) is 120 cm³/mol. The van der Waals surface area contributed by atoms with E-state index in [0.717, 1.165) is 27.7 Å². The van der Waals surface area contributed by atoms with Crippen LogP contribution in [0.3, 0.4) is 0 Å². The third-order valence-electron chi connectivity index (χ3n) is 4.74. The van der Waals surface area contributed by atoms with Crippen LogP contribution in [0.5, 0.6) is 17.2 Å². The van der Waals surface area contributed by atoms with E-state index in [9.17, 15) is 0 Å². The third kappa shape index (κ3) is 3.87. The van der Waals surface area contributed by atoms with Crippen molar-refractivity contribution >= 4 is 16.3 Å². The molecule has 0 aliphatic rings. The van der Waals surface area contributed by atoms with Crippen LogP contribution >= 0.6 is 11.3 Å². The summed E-state index contributed by atoms with van der Waals surface area (Å²) in [6, 6.07) is 17.2. The van der Waals surface area contributed by atoms with Gasteiger partial charge < -0.3 is 14.2 Å². The minimum atomic E-state index is 0.303. The maximum absolute atomic E-state index is 5.93. The lowest BCUT2D eigenvalue weighted by Gasteiger charge is -2.10. The minimum Gasteiger partial charge on any atom is -0.497 e. The summed E-state index contributed by atoms with van der Waals surface area (Å²) in [6.45, 7) is 2.82. The Morgan fingerprint density at radius 3 is 2.53 bits per heavy atom. The zero-order chi connectivity index (χ0) is 21.9. The molecule has 0 saturated carbocycles. The van der Waals surface area contributed by atoms with Gasteiger partial charge in [-0.2, -0.15) is 14.7 Å². The second kappa shape index (κ2) is 8.67. The molecule has 0 aliphatic heterocycles. The number of nitrogens with one attached hydrogen (secondary N) is 1. The lowest BCUT2D eigenvalue weighted by molar-refractivity contribution is 0.268. The summed E-state index contributed by atoms with van der Waals surface area (Å²) >= 11 is 1.42. The van der Waals surface area contributed by atoms with Gasteiger partial charge in [0.15, 0.2) is 16.5 Å². The summed E-state index contributed by atoms with van der Waals surface area (Å²) in [5, 5.41) is 21.3. The highest BCUT2D eigenvalue weighted by Gasteiger charge is 2.17. The molecule has 3 heterocycles. The molecule has 162 valence electrons. The third-order valence-corrected chi connectivity index (χ3v) is 5.61. The van der Waals surface area contributed by atoms with E-state index in [4.69, 9.17) is 14.2 Å². The first-order valence-electron chi connectivity index (χ1n) is 10.0. The molecule has 0 aliphatic carbocycles. The second-order valence-corrected chi connectivity index (χ2v) is 7.82. The molecule has 0 saturated heterocycles. The summed E-state index contributed by atoms with van der Waals surface area (Å²) in [4.78, 5) is 0.678. The molecule has 0 bridgehead atoms. The average Bonchev–Trinajstić information content (AvgIpc) is 3.55. The number of hydrogen-bond acceptors (Lipinski definition) is 8. The zero-order valence-corrected chi connectivity index (χ0v) is 18.3. The molecule has 32 heavy (non-hydrogen) atoms. The molecular formula is C22H20N6O3S. The second-order valence-electron chi connectivity index (χ2n) is 6.78. The molecule has 0 fully saturated rings. The summed E-state index contributed by atoms with van der Waals surface area (Å²) < 4.78 is 18.5. The maximum atomic E-state index is 5.93. The standard InChI is InChI=1S/C22H20N6O3S/c1-3-30-18-6-4-5-7-19(18)31-13-20-27-28-21(25-26-22(28)32-20)17-12-16(23-24-17)14-8-10-15(29-2)11-9-14/h4-12H,3,13H2,1-2H3,(H,23,24). The number of aromatic nitrogens is 6. The quantitative estimate of drug-likeness (QED) is 0.379. The van der Waals surface area contributed by atoms with Crippen LogP contribution in [-0.2, 0) is 6.61 Å². The molecule has 0 amide bonds. The number of para-hydroxylation sites is 2. The number of nitrogens with zero attached hydrogens (tertiary/aromatic N) is 5. The van der Waals surface area contributed by atoms with E-state index < -0.39 is 0 Å². The van der Waals surface area contributed by atoms with Crippen LogP contribution in [0, 0.1) is 0 Å². The van der Waals surface area contributed by atoms with Crippen LogP contribution in [0.15, 0.2) is 54.6 Å². The van der Waals surface area contributed by atoms with E-state index >= 15 is 0 Å². The zero-order valence-electron chi connectivity index (χ0n) is 17.5. The van der Waals surface area contributed by atoms with Crippen molar-refractivity contribution in [2.45, 2.75) is 13.5 Å². The van der Waals surface area contributed by atoms with Gasteiger partial charge in [0.1, 0.15) is 18.1 Å². The van der Waals surface area contributed by atoms with Crippen molar-refractivity contribution in [1.82, 2.24) is 30.0 Å². The molecule has 1 N–H and O–H groups in total. The van der Waals surface area contributed by atoms with Crippen molar-refractivity contribution in [2.75, 3.05) is 13.7 Å². The molecule has 9 nitrogen and oxygen atoms in total. The van der Waals surface area contributed by atoms with Gasteiger partial charge in [0, 0.05) is 5.56 Å². The van der Waals surface area contributed by atoms with E-state index in [2.05, 4.69) is 25.5 Å². The van der Waals surface area contributed by atoms with Gasteiger partial charge in [-0.3, -0.25) is 5.10 Å². The van der Waals surface area contributed by atoms with Gasteiger partial charge in [-0.1, -0.05) is 23.5 Å². The number of fused-ring (bicyclic) bond motifs is 1. The van der Waals surface area contributed by atoms with E-state index in [0.29, 0.717) is 35.5 Å². The highest BCUT2D eigenvalue weighted by molar-refractivity contribution is 7.16. The summed E-state index contributed by atoms with van der Waals surface area (Å²) in [5.41, 5.74) is 2.49. The SMILES string of the molecule is CCOc1ccccc1OCc1nn2c(-c3cc(-c4ccc(OC)cc4)n[nH]3)nnc2s1. The first-order valence-corrected chi connectivity index (χ1v) is 10.8. The van der Waals surface area contributed by atoms with Crippen LogP contribution in [0.2, 0.25) is 0 Å². The lowest BCUT2D eigenvalue weighted by atomic mass is 10.1. The average molecular weight is 449 g/mol. The Kier molecular flexibility index (Phi) is 5.42. The van der Waals surface area contributed by atoms with Crippen LogP contribution in [0.4, 0.5) is 0 Å². The van der Waals surface area contributed by atoms with Gasteiger partial charge in [0.25, 0.3) is 0 Å². The Hall–Kier alpha value is -3.92. The van der Waals surface area contributed by atoms with Crippen LogP contribution < -0.4 is 14.2 Å². The van der Waals surface area contributed by atoms with Gasteiger partial charge >= 0.3 is 0 Å². The Morgan fingerprint density at radius 1 is 1.00 bits per heavy atom. The van der Waals surface area contributed by atoms with Crippen LogP contribution in [0.1, 0.15) is 11.9 Å². The summed E-state index contributed by atoms with van der Waals surface area (Å²) in [6.07, 6.45) is 0. The topological polar surface area (TPSA) is 99.5 Å². The van der Waals surface area contributed by atoms with E-state index in [1.807, 2.05) is 61.5 Å². The first-order chi connectivity index (χ1) is 15.7. The molecular weight excluding hydrogens is 428 g/mol. The highest BCUT2D eigenvalue weighted by atomic mass is 32.1. The molecule has 5 aromatic rings. The van der Waals surface area contributed by atoms with Gasteiger partial charge in [-0.25, -0.2) is 0 Å². The fourth-order valence-corrected chi connectivity index (χ4v) is 3.96. The van der Waals surface area contributed by atoms with Gasteiger partial charge in [-0.05, 0) is 49.4 Å². The summed E-state index contributed by atoms with van der Waals surface area (Å²) in [7, 11) is 1.64. The van der Waals surface area contributed by atoms with Gasteiger partial charge in [0.2, 0.25) is 10.8 Å². The smallest absolute Gasteiger partial charge is 0.235 e. The molecule has 2 aromatic carbocycles. The van der Waals surface area contributed by atoms with Crippen molar-refractivity contribution in [1.29, 1.82) is 0 Å². The molecule has 0 radical (unpaired) electrons. The van der Waals surface area contributed by atoms with Gasteiger partial charge in [-0.15, -0.1) is 10.2 Å². The van der Waals surface area contributed by atoms with Crippen molar-refractivity contribution in [3.05, 3.63) is 59.6 Å². The van der Waals surface area contributed by atoms with Gasteiger partial charge in [0.05, 0.1) is 19.4 Å². The van der Waals surface area contributed by atoms with Crippen molar-refractivity contribution in [3.63, 3.8) is 0 Å². The van der Waals surface area contributed by atoms with E-state index in [-0.39, 0.29) is 0 Å². The molecule has 5 rings (SSSR count). The largest absolute Gasteiger partial charge is 0.497 e. The Bertz CT molecular complexity index is 1340. The number of ether oxygens (including phenoxy) is 3. The number of methoxy groups -OCH3 is 1. The maximum Gasteiger partial charge on any atom is 0.235 e. The minimum absolute atomic E-state index is 0.303. The number of hydrogen-bond donors (Lipinski definition) is 1. The summed E-state index contributed by atoms with van der Waals surface area (Å²) in [5.74, 6) is 2.77. The Labute approximate surface area is 187 Å². The number of benzene rings is 2. The van der Waals surface area contributed by atoms with Crippen LogP contribution in [0.25, 0.3) is 27.7 Å². The van der Waals surface area contributed by atoms with Crippen molar-refractivity contribution in [2.24, 2.45) is 0 Å². The Morgan fingerprint density at radius 2 is 1.78 bits per heavy atom. The highest BCUT2D eigenvalue weighted by Crippen LogP contribution is 2.29. The molecule has 0 unspecified atom stereocenters. The number of aromatic amines is 1. The normalized spacial score (nSPS) is 11.1. The first kappa shape index (κ1) is 20.0. The lowest BCUT2D eigenvalue weighted by Crippen LogP contribution is -2.00. The Balaban J connectivity index is 1.36. The monoisotopic (exact) mass is 448 g/mol. The molecule has 0 spiro atoms. The number of H-pyrrole nitrogens is 1. The van der Waals surface area contributed by atoms with Crippen molar-refractivity contribution in [3.8, 4) is 40.0 Å². The van der Waals surface area contributed by atoms with Crippen LogP contribution in [-0.4, -0.2) is 43.7 Å². The predicted octanol–water partition coefficient (Wildman–Crippen LogP) is 4.23. The fraction of sp³-hybridized carbons (Fsp3) is 0.182. The van der Waals surface area contributed by atoms with Crippen molar-refractivity contribution < 1.29 is 14.2 Å². The molecule has 10 heteroatoms. The van der Waals surface area contributed by atoms with E-state index in [1.54, 1.807) is 11.6 Å².